The minimum Gasteiger partial charge on any atom is -0.480 e. The van der Waals surface area contributed by atoms with E-state index < -0.39 is 51.1 Å². The summed E-state index contributed by atoms with van der Waals surface area (Å²) in [7, 11) is -4.72. The number of unbranched alkanes of at least 4 members (excludes halogenated alkanes) is 24. The zero-order valence-electron chi connectivity index (χ0n) is 33.9. The molecule has 0 spiro atoms. The Morgan fingerprint density at radius 1 is 0.611 bits per heavy atom. The number of carboxylic acid groups (broad SMARTS) is 1. The predicted molar refractivity (Wildman–Crippen MR) is 217 cm³/mol. The van der Waals surface area contributed by atoms with Crippen LogP contribution in [0.2, 0.25) is 0 Å². The molecule has 0 radical (unpaired) electrons. The van der Waals surface area contributed by atoms with E-state index in [1.165, 1.54) is 122 Å². The molecule has 0 aromatic heterocycles. The molecule has 0 fully saturated rings. The minimum atomic E-state index is -4.72. The lowest BCUT2D eigenvalue weighted by Gasteiger charge is -2.20. The molecule has 0 aliphatic rings. The summed E-state index contributed by atoms with van der Waals surface area (Å²) in [6.45, 7) is 4.29. The number of hydrogen-bond donors (Lipinski definition) is 3. The fraction of sp³-hybridized carbons (Fsp3) is 0.833. The lowest BCUT2D eigenvalue weighted by atomic mass is 10.0. The van der Waals surface area contributed by atoms with E-state index in [1.807, 2.05) is 12.2 Å². The second kappa shape index (κ2) is 37.9. The van der Waals surface area contributed by atoms with Gasteiger partial charge in [-0.3, -0.25) is 23.4 Å². The number of ether oxygens (including phenoxy) is 2. The number of phosphoric acid groups is 1. The third-order valence-electron chi connectivity index (χ3n) is 9.33. The summed E-state index contributed by atoms with van der Waals surface area (Å²) in [6.07, 6.45) is 37.2. The number of esters is 2. The van der Waals surface area contributed by atoms with Gasteiger partial charge in [0.2, 0.25) is 0 Å². The van der Waals surface area contributed by atoms with Crippen LogP contribution in [0.1, 0.15) is 193 Å². The predicted octanol–water partition coefficient (Wildman–Crippen LogP) is 11.1. The van der Waals surface area contributed by atoms with Crippen LogP contribution in [-0.2, 0) is 37.5 Å². The third kappa shape index (κ3) is 36.9. The maximum Gasteiger partial charge on any atom is 0.472 e. The molecule has 0 amide bonds. The van der Waals surface area contributed by atoms with Crippen molar-refractivity contribution in [2.45, 2.75) is 205 Å². The molecule has 0 rings (SSSR count). The average molecular weight is 788 g/mol. The number of rotatable bonds is 41. The Bertz CT molecular complexity index is 1010. The largest absolute Gasteiger partial charge is 0.480 e. The Morgan fingerprint density at radius 3 is 1.56 bits per heavy atom. The van der Waals surface area contributed by atoms with Crippen molar-refractivity contribution < 1.29 is 47.5 Å². The normalized spacial score (nSPS) is 13.8. The summed E-state index contributed by atoms with van der Waals surface area (Å²) < 4.78 is 32.6. The Labute approximate surface area is 328 Å². The van der Waals surface area contributed by atoms with Gasteiger partial charge < -0.3 is 25.2 Å². The Balaban J connectivity index is 4.38. The van der Waals surface area contributed by atoms with E-state index in [2.05, 4.69) is 24.1 Å². The molecule has 1 unspecified atom stereocenters. The number of nitrogens with two attached hydrogens (primary N) is 1. The van der Waals surface area contributed by atoms with Crippen LogP contribution in [0.15, 0.2) is 24.8 Å². The van der Waals surface area contributed by atoms with Crippen LogP contribution in [0.5, 0.6) is 0 Å². The molecule has 0 aliphatic heterocycles. The lowest BCUT2D eigenvalue weighted by Crippen LogP contribution is -2.34. The zero-order chi connectivity index (χ0) is 40.0. The van der Waals surface area contributed by atoms with Crippen molar-refractivity contribution in [2.24, 2.45) is 5.73 Å². The van der Waals surface area contributed by atoms with E-state index in [9.17, 15) is 23.8 Å². The summed E-state index contributed by atoms with van der Waals surface area (Å²) in [5.74, 6) is -2.43. The second-order valence-electron chi connectivity index (χ2n) is 14.6. The van der Waals surface area contributed by atoms with Crippen LogP contribution in [-0.4, -0.2) is 59.9 Å². The first-order valence-corrected chi connectivity index (χ1v) is 22.8. The number of carbonyl (C=O) groups is 3. The van der Waals surface area contributed by atoms with Gasteiger partial charge in [-0.2, -0.15) is 0 Å². The maximum atomic E-state index is 12.6. The van der Waals surface area contributed by atoms with Gasteiger partial charge in [-0.1, -0.05) is 160 Å². The highest BCUT2D eigenvalue weighted by molar-refractivity contribution is 7.47. The monoisotopic (exact) mass is 788 g/mol. The van der Waals surface area contributed by atoms with Gasteiger partial charge >= 0.3 is 25.7 Å². The van der Waals surface area contributed by atoms with Gasteiger partial charge in [0.15, 0.2) is 6.10 Å². The first-order chi connectivity index (χ1) is 26.1. The average Bonchev–Trinajstić information content (AvgIpc) is 3.14. The first-order valence-electron chi connectivity index (χ1n) is 21.3. The van der Waals surface area contributed by atoms with E-state index in [-0.39, 0.29) is 19.4 Å². The summed E-state index contributed by atoms with van der Waals surface area (Å²) in [4.78, 5) is 45.9. The van der Waals surface area contributed by atoms with E-state index in [0.717, 1.165) is 38.5 Å². The molecular weight excluding hydrogens is 709 g/mol. The van der Waals surface area contributed by atoms with Crippen molar-refractivity contribution in [3.63, 3.8) is 0 Å². The Kier molecular flexibility index (Phi) is 36.4. The van der Waals surface area contributed by atoms with Crippen LogP contribution in [0.3, 0.4) is 0 Å². The van der Waals surface area contributed by atoms with Gasteiger partial charge in [0.05, 0.1) is 13.2 Å². The number of carboxylic acids is 1. The van der Waals surface area contributed by atoms with Crippen molar-refractivity contribution in [3.8, 4) is 0 Å². The standard InChI is InChI=1S/C42H78NO10P/c1-3-5-7-9-11-13-15-17-19-21-23-25-27-29-31-33-40(44)50-35-38(36-51-54(48,49)52-37-39(43)42(46)47)53-41(45)34-32-30-28-26-24-22-20-18-16-14-12-10-8-6-4-2/h4,27,29,38-39H,2-3,5-26,28,30-37,43H2,1H3,(H,46,47)(H,48,49)/b29-27+/t38-,39+/m1/s1. The van der Waals surface area contributed by atoms with Gasteiger partial charge in [-0.05, 0) is 38.5 Å². The maximum absolute atomic E-state index is 12.6. The van der Waals surface area contributed by atoms with E-state index >= 15 is 0 Å². The van der Waals surface area contributed by atoms with Gasteiger partial charge in [0.25, 0.3) is 0 Å². The molecule has 0 aromatic carbocycles. The van der Waals surface area contributed by atoms with Gasteiger partial charge in [-0.25, -0.2) is 4.57 Å². The summed E-state index contributed by atoms with van der Waals surface area (Å²) in [5.41, 5.74) is 5.33. The van der Waals surface area contributed by atoms with Crippen LogP contribution in [0, 0.1) is 0 Å². The molecule has 4 N–H and O–H groups in total. The minimum absolute atomic E-state index is 0.140. The molecule has 54 heavy (non-hydrogen) atoms. The molecule has 3 atom stereocenters. The molecule has 12 heteroatoms. The van der Waals surface area contributed by atoms with Crippen molar-refractivity contribution in [1.82, 2.24) is 0 Å². The summed E-state index contributed by atoms with van der Waals surface area (Å²) in [5, 5.41) is 8.88. The molecule has 0 bridgehead atoms. The van der Waals surface area contributed by atoms with Gasteiger partial charge in [-0.15, -0.1) is 6.58 Å². The number of carbonyl (C=O) groups excluding carboxylic acids is 2. The smallest absolute Gasteiger partial charge is 0.472 e. The Hall–Kier alpha value is -2.04. The van der Waals surface area contributed by atoms with Crippen LogP contribution < -0.4 is 5.73 Å². The SMILES string of the molecule is C=CCCCCCCCCCCCCCCCC(=O)O[C@H](COC(=O)CC/C=C/CCCCCCCCCCCCC)COP(=O)(O)OC[C@H](N)C(=O)O. The molecule has 0 aliphatic carbocycles. The summed E-state index contributed by atoms with van der Waals surface area (Å²) in [6, 6.07) is -1.52. The molecular formula is C42H78NO10P. The van der Waals surface area contributed by atoms with Crippen LogP contribution in [0.25, 0.3) is 0 Å². The van der Waals surface area contributed by atoms with Crippen molar-refractivity contribution in [2.75, 3.05) is 19.8 Å². The molecule has 316 valence electrons. The lowest BCUT2D eigenvalue weighted by molar-refractivity contribution is -0.161. The van der Waals surface area contributed by atoms with E-state index in [4.69, 9.17) is 24.8 Å². The van der Waals surface area contributed by atoms with Crippen molar-refractivity contribution in [1.29, 1.82) is 0 Å². The highest BCUT2D eigenvalue weighted by atomic mass is 31.2. The molecule has 11 nitrogen and oxygen atoms in total. The topological polar surface area (TPSA) is 172 Å². The molecule has 0 heterocycles. The van der Waals surface area contributed by atoms with Gasteiger partial charge in [0.1, 0.15) is 12.6 Å². The molecule has 0 saturated heterocycles. The van der Waals surface area contributed by atoms with Crippen molar-refractivity contribution >= 4 is 25.7 Å². The van der Waals surface area contributed by atoms with Crippen molar-refractivity contribution in [3.05, 3.63) is 24.8 Å². The number of allylic oxidation sites excluding steroid dienone is 3. The van der Waals surface area contributed by atoms with E-state index in [1.54, 1.807) is 0 Å². The quantitative estimate of drug-likeness (QED) is 0.0233. The zero-order valence-corrected chi connectivity index (χ0v) is 34.8. The van der Waals surface area contributed by atoms with Crippen LogP contribution in [0.4, 0.5) is 0 Å². The fourth-order valence-electron chi connectivity index (χ4n) is 5.95. The number of phosphoric ester groups is 1. The fourth-order valence-corrected chi connectivity index (χ4v) is 6.72. The summed E-state index contributed by atoms with van der Waals surface area (Å²) >= 11 is 0. The number of aliphatic carboxylic acids is 1. The first kappa shape index (κ1) is 52.0. The van der Waals surface area contributed by atoms with Gasteiger partial charge in [0, 0.05) is 12.8 Å². The highest BCUT2D eigenvalue weighted by Gasteiger charge is 2.28. The Morgan fingerprint density at radius 2 is 1.06 bits per heavy atom. The highest BCUT2D eigenvalue weighted by Crippen LogP contribution is 2.43. The second-order valence-corrected chi connectivity index (χ2v) is 16.0. The third-order valence-corrected chi connectivity index (χ3v) is 10.3. The van der Waals surface area contributed by atoms with Crippen LogP contribution >= 0.6 is 7.82 Å². The molecule has 0 aromatic rings. The van der Waals surface area contributed by atoms with E-state index in [0.29, 0.717) is 12.8 Å². The molecule has 0 saturated carbocycles. The number of hydrogen-bond acceptors (Lipinski definition) is 9.